The Balaban J connectivity index is 4.65. The first kappa shape index (κ1) is 13.2. The van der Waals surface area contributed by atoms with E-state index in [4.69, 9.17) is 15.3 Å². The van der Waals surface area contributed by atoms with Gasteiger partial charge in [-0.2, -0.15) is 0 Å². The molecular formula is C8H14O6. The summed E-state index contributed by atoms with van der Waals surface area (Å²) in [4.78, 5) is 10.1. The highest BCUT2D eigenvalue weighted by Gasteiger charge is 2.39. The van der Waals surface area contributed by atoms with Gasteiger partial charge in [0.05, 0.1) is 6.61 Å². The number of hydrogen-bond acceptors (Lipinski definition) is 6. The molecule has 0 bridgehead atoms. The predicted molar refractivity (Wildman–Crippen MR) is 46.3 cm³/mol. The minimum Gasteiger partial charge on any atom is -0.393 e. The van der Waals surface area contributed by atoms with E-state index in [0.717, 1.165) is 6.08 Å². The molecule has 0 rings (SSSR count). The van der Waals surface area contributed by atoms with E-state index >= 15 is 0 Å². The van der Waals surface area contributed by atoms with E-state index in [-0.39, 0.29) is 6.29 Å². The molecule has 0 aliphatic heterocycles. The molecule has 4 atom stereocenters. The molecule has 6 heteroatoms. The number of aliphatic hydroxyl groups excluding tert-OH is 4. The second-order valence-corrected chi connectivity index (χ2v) is 2.92. The fraction of sp³-hybridized carbons (Fsp3) is 0.625. The lowest BCUT2D eigenvalue weighted by molar-refractivity contribution is -0.152. The molecule has 0 aromatic heterocycles. The monoisotopic (exact) mass is 206 g/mol. The molecule has 0 amide bonds. The maximum absolute atomic E-state index is 10.1. The molecule has 14 heavy (non-hydrogen) atoms. The Morgan fingerprint density at radius 3 is 2.14 bits per heavy atom. The molecule has 5 N–H and O–H groups in total. The van der Waals surface area contributed by atoms with Crippen molar-refractivity contribution >= 4 is 6.29 Å². The zero-order valence-electron chi connectivity index (χ0n) is 7.45. The summed E-state index contributed by atoms with van der Waals surface area (Å²) in [6.07, 6.45) is -4.79. The van der Waals surface area contributed by atoms with E-state index in [0.29, 0.717) is 0 Å². The van der Waals surface area contributed by atoms with E-state index in [9.17, 15) is 15.0 Å². The third kappa shape index (κ3) is 2.60. The molecule has 82 valence electrons. The van der Waals surface area contributed by atoms with Crippen LogP contribution in [0.15, 0.2) is 12.7 Å². The molecule has 0 unspecified atom stereocenters. The van der Waals surface area contributed by atoms with E-state index in [1.54, 1.807) is 0 Å². The minimum absolute atomic E-state index is 0.00870. The summed E-state index contributed by atoms with van der Waals surface area (Å²) in [5, 5.41) is 45.4. The van der Waals surface area contributed by atoms with Crippen molar-refractivity contribution in [2.24, 2.45) is 0 Å². The van der Waals surface area contributed by atoms with E-state index in [1.165, 1.54) is 0 Å². The van der Waals surface area contributed by atoms with Crippen molar-refractivity contribution < 1.29 is 30.3 Å². The molecule has 0 spiro atoms. The van der Waals surface area contributed by atoms with Crippen LogP contribution in [0.25, 0.3) is 0 Å². The summed E-state index contributed by atoms with van der Waals surface area (Å²) in [6, 6.07) is 0. The van der Waals surface area contributed by atoms with Crippen molar-refractivity contribution in [1.29, 1.82) is 0 Å². The van der Waals surface area contributed by atoms with Crippen molar-refractivity contribution in [3.8, 4) is 0 Å². The number of aliphatic hydroxyl groups is 5. The van der Waals surface area contributed by atoms with Gasteiger partial charge in [0.25, 0.3) is 0 Å². The van der Waals surface area contributed by atoms with E-state index < -0.39 is 30.5 Å². The van der Waals surface area contributed by atoms with Gasteiger partial charge >= 0.3 is 0 Å². The lowest BCUT2D eigenvalue weighted by Crippen LogP contribution is -2.54. The number of aldehydes is 1. The first-order valence-electron chi connectivity index (χ1n) is 3.89. The van der Waals surface area contributed by atoms with Gasteiger partial charge in [-0.15, -0.1) is 6.58 Å². The number of rotatable bonds is 6. The molecular weight excluding hydrogens is 192 g/mol. The molecule has 0 radical (unpaired) electrons. The van der Waals surface area contributed by atoms with Crippen LogP contribution in [0.4, 0.5) is 0 Å². The van der Waals surface area contributed by atoms with Crippen molar-refractivity contribution in [2.45, 2.75) is 23.9 Å². The Hall–Kier alpha value is -0.790. The molecule has 0 saturated heterocycles. The fourth-order valence-corrected chi connectivity index (χ4v) is 0.842. The molecule has 0 heterocycles. The van der Waals surface area contributed by atoms with Crippen LogP contribution in [0.5, 0.6) is 0 Å². The van der Waals surface area contributed by atoms with Crippen LogP contribution in [-0.2, 0) is 4.79 Å². The van der Waals surface area contributed by atoms with Crippen LogP contribution in [0.3, 0.4) is 0 Å². The van der Waals surface area contributed by atoms with Crippen LogP contribution in [0, 0.1) is 0 Å². The zero-order chi connectivity index (χ0) is 11.4. The summed E-state index contributed by atoms with van der Waals surface area (Å²) in [6.45, 7) is 2.25. The van der Waals surface area contributed by atoms with Gasteiger partial charge < -0.3 is 30.3 Å². The van der Waals surface area contributed by atoms with Crippen LogP contribution >= 0.6 is 0 Å². The SMILES string of the molecule is C=C[C@@](O)(CO)[C@@H](O)[C@@H](O)[C@@H](O)C=O. The molecule has 0 fully saturated rings. The largest absolute Gasteiger partial charge is 0.393 e. The fourth-order valence-electron chi connectivity index (χ4n) is 0.842. The topological polar surface area (TPSA) is 118 Å². The Labute approximate surface area is 80.7 Å². The number of carbonyl (C=O) groups is 1. The van der Waals surface area contributed by atoms with Crippen LogP contribution in [0.1, 0.15) is 0 Å². The summed E-state index contributed by atoms with van der Waals surface area (Å²) in [5.41, 5.74) is -2.15. The Morgan fingerprint density at radius 2 is 1.86 bits per heavy atom. The third-order valence-electron chi connectivity index (χ3n) is 1.93. The maximum Gasteiger partial charge on any atom is 0.151 e. The summed E-state index contributed by atoms with van der Waals surface area (Å²) in [7, 11) is 0. The lowest BCUT2D eigenvalue weighted by atomic mass is 9.91. The Morgan fingerprint density at radius 1 is 1.36 bits per heavy atom. The van der Waals surface area contributed by atoms with E-state index in [2.05, 4.69) is 6.58 Å². The normalized spacial score (nSPS) is 21.8. The molecule has 0 aromatic carbocycles. The highest BCUT2D eigenvalue weighted by atomic mass is 16.4. The van der Waals surface area contributed by atoms with Gasteiger partial charge in [0.2, 0.25) is 0 Å². The summed E-state index contributed by atoms with van der Waals surface area (Å²) >= 11 is 0. The first-order chi connectivity index (χ1) is 6.42. The molecule has 6 nitrogen and oxygen atoms in total. The average molecular weight is 206 g/mol. The predicted octanol–water partition coefficient (Wildman–Crippen LogP) is -2.82. The Bertz CT molecular complexity index is 206. The van der Waals surface area contributed by atoms with Gasteiger partial charge in [-0.3, -0.25) is 0 Å². The van der Waals surface area contributed by atoms with Gasteiger partial charge in [-0.25, -0.2) is 0 Å². The molecule has 0 aromatic rings. The highest BCUT2D eigenvalue weighted by Crippen LogP contribution is 2.16. The zero-order valence-corrected chi connectivity index (χ0v) is 7.45. The average Bonchev–Trinajstić information content (AvgIpc) is 2.24. The quantitative estimate of drug-likeness (QED) is 0.236. The second kappa shape index (κ2) is 5.18. The van der Waals surface area contributed by atoms with Crippen molar-refractivity contribution in [1.82, 2.24) is 0 Å². The second-order valence-electron chi connectivity index (χ2n) is 2.92. The van der Waals surface area contributed by atoms with Crippen LogP contribution < -0.4 is 0 Å². The van der Waals surface area contributed by atoms with Crippen molar-refractivity contribution in [3.05, 3.63) is 12.7 Å². The number of carbonyl (C=O) groups excluding carboxylic acids is 1. The van der Waals surface area contributed by atoms with Gasteiger partial charge in [0, 0.05) is 0 Å². The third-order valence-corrected chi connectivity index (χ3v) is 1.93. The van der Waals surface area contributed by atoms with Gasteiger partial charge in [0.15, 0.2) is 6.29 Å². The van der Waals surface area contributed by atoms with Crippen molar-refractivity contribution in [2.75, 3.05) is 6.61 Å². The summed E-state index contributed by atoms with van der Waals surface area (Å²) < 4.78 is 0. The molecule has 0 aliphatic carbocycles. The van der Waals surface area contributed by atoms with Gasteiger partial charge in [-0.1, -0.05) is 6.08 Å². The molecule has 0 aliphatic rings. The van der Waals surface area contributed by atoms with Crippen LogP contribution in [-0.4, -0.2) is 62.3 Å². The minimum atomic E-state index is -2.15. The molecule has 0 saturated carbocycles. The standard InChI is InChI=1S/C8H14O6/c1-2-8(14,4-10)7(13)6(12)5(11)3-9/h2-3,5-7,10-14H,1,4H2/t5-,6-,7-,8+/m0/s1. The van der Waals surface area contributed by atoms with Crippen molar-refractivity contribution in [3.63, 3.8) is 0 Å². The van der Waals surface area contributed by atoms with Gasteiger partial charge in [-0.05, 0) is 0 Å². The van der Waals surface area contributed by atoms with Gasteiger partial charge in [0.1, 0.15) is 23.9 Å². The summed E-state index contributed by atoms with van der Waals surface area (Å²) in [5.74, 6) is 0. The first-order valence-corrected chi connectivity index (χ1v) is 3.89. The Kier molecular flexibility index (Phi) is 4.89. The van der Waals surface area contributed by atoms with E-state index in [1.807, 2.05) is 0 Å². The number of hydrogen-bond donors (Lipinski definition) is 5. The smallest absolute Gasteiger partial charge is 0.151 e. The maximum atomic E-state index is 10.1. The van der Waals surface area contributed by atoms with Crippen LogP contribution in [0.2, 0.25) is 0 Å². The lowest BCUT2D eigenvalue weighted by Gasteiger charge is -2.31. The highest BCUT2D eigenvalue weighted by molar-refractivity contribution is 5.56.